The lowest BCUT2D eigenvalue weighted by molar-refractivity contribution is 0.572. The van der Waals surface area contributed by atoms with Gasteiger partial charge in [0.25, 0.3) is 10.0 Å². The molecule has 0 aromatic heterocycles. The highest BCUT2D eigenvalue weighted by Gasteiger charge is 2.25. The van der Waals surface area contributed by atoms with Gasteiger partial charge >= 0.3 is 0 Å². The van der Waals surface area contributed by atoms with Crippen LogP contribution in [0.2, 0.25) is 0 Å². The van der Waals surface area contributed by atoms with Gasteiger partial charge in [0.05, 0.1) is 4.90 Å². The second kappa shape index (κ2) is 4.97. The third-order valence-corrected chi connectivity index (χ3v) is 4.43. The molecule has 0 unspecified atom stereocenters. The minimum atomic E-state index is -3.98. The molecule has 0 atom stereocenters. The molecule has 2 rings (SSSR count). The minimum Gasteiger partial charge on any atom is -0.263 e. The van der Waals surface area contributed by atoms with E-state index in [1.165, 1.54) is 18.2 Å². The van der Waals surface area contributed by atoms with Crippen molar-refractivity contribution in [2.24, 2.45) is 0 Å². The first-order valence-electron chi connectivity index (χ1n) is 5.42. The van der Waals surface area contributed by atoms with Crippen molar-refractivity contribution >= 4 is 15.7 Å². The van der Waals surface area contributed by atoms with Gasteiger partial charge in [-0.1, -0.05) is 24.3 Å². The molecule has 0 saturated carbocycles. The molecule has 2 aromatic carbocycles. The molecule has 0 radical (unpaired) electrons. The Bertz CT molecular complexity index is 667. The molecule has 0 aliphatic heterocycles. The van der Waals surface area contributed by atoms with E-state index in [1.807, 2.05) is 0 Å². The van der Waals surface area contributed by atoms with Gasteiger partial charge in [-0.15, -0.1) is 0 Å². The van der Waals surface area contributed by atoms with E-state index in [1.54, 1.807) is 18.2 Å². The molecule has 0 amide bonds. The number of nitrogens with zero attached hydrogens (tertiary/aromatic N) is 1. The Balaban J connectivity index is 2.53. The molecule has 0 heterocycles. The van der Waals surface area contributed by atoms with Crippen LogP contribution in [0.15, 0.2) is 53.4 Å². The Morgan fingerprint density at radius 2 is 1.42 bits per heavy atom. The van der Waals surface area contributed by atoms with Crippen LogP contribution >= 0.6 is 0 Å². The fraction of sp³-hybridized carbons (Fsp3) is 0.0769. The Morgan fingerprint density at radius 1 is 0.895 bits per heavy atom. The van der Waals surface area contributed by atoms with E-state index in [0.29, 0.717) is 4.31 Å². The Hall–Kier alpha value is -1.95. The molecule has 0 spiro atoms. The number of anilines is 1. The van der Waals surface area contributed by atoms with Crippen LogP contribution in [-0.4, -0.2) is 15.5 Å². The Kier molecular flexibility index (Phi) is 3.53. The minimum absolute atomic E-state index is 0.0276. The number of benzene rings is 2. The van der Waals surface area contributed by atoms with Crippen LogP contribution in [0.1, 0.15) is 0 Å². The summed E-state index contributed by atoms with van der Waals surface area (Å²) in [7, 11) is -2.87. The van der Waals surface area contributed by atoms with Gasteiger partial charge in [0.1, 0.15) is 5.69 Å². The molecule has 0 bridgehead atoms. The van der Waals surface area contributed by atoms with E-state index < -0.39 is 27.3 Å². The van der Waals surface area contributed by atoms with E-state index in [2.05, 4.69) is 0 Å². The number of halogens is 2. The highest BCUT2D eigenvalue weighted by Crippen LogP contribution is 2.27. The zero-order valence-corrected chi connectivity index (χ0v) is 10.9. The lowest BCUT2D eigenvalue weighted by Gasteiger charge is -2.20. The average Bonchev–Trinajstić information content (AvgIpc) is 2.39. The van der Waals surface area contributed by atoms with Gasteiger partial charge in [0, 0.05) is 7.05 Å². The quantitative estimate of drug-likeness (QED) is 0.868. The fourth-order valence-electron chi connectivity index (χ4n) is 1.66. The number of hydrogen-bond acceptors (Lipinski definition) is 2. The summed E-state index contributed by atoms with van der Waals surface area (Å²) < 4.78 is 52.3. The molecule has 0 aliphatic carbocycles. The van der Waals surface area contributed by atoms with Crippen molar-refractivity contribution in [2.75, 3.05) is 11.4 Å². The van der Waals surface area contributed by atoms with Gasteiger partial charge in [-0.25, -0.2) is 17.2 Å². The van der Waals surface area contributed by atoms with Gasteiger partial charge in [0.15, 0.2) is 11.6 Å². The molecule has 19 heavy (non-hydrogen) atoms. The van der Waals surface area contributed by atoms with Crippen LogP contribution < -0.4 is 4.31 Å². The van der Waals surface area contributed by atoms with Crippen molar-refractivity contribution < 1.29 is 17.2 Å². The van der Waals surface area contributed by atoms with Gasteiger partial charge in [0.2, 0.25) is 0 Å². The van der Waals surface area contributed by atoms with Gasteiger partial charge in [-0.05, 0) is 24.3 Å². The maximum absolute atomic E-state index is 13.6. The normalized spacial score (nSPS) is 11.3. The Labute approximate surface area is 110 Å². The first kappa shape index (κ1) is 13.5. The summed E-state index contributed by atoms with van der Waals surface area (Å²) in [6, 6.07) is 10.7. The average molecular weight is 283 g/mol. The topological polar surface area (TPSA) is 37.4 Å². The first-order chi connectivity index (χ1) is 8.94. The standard InChI is InChI=1S/C13H11F2NO2S/c1-16(13-11(14)8-5-9-12(13)15)19(17,18)10-6-3-2-4-7-10/h2-9H,1H3. The van der Waals surface area contributed by atoms with E-state index >= 15 is 0 Å². The van der Waals surface area contributed by atoms with Crippen molar-refractivity contribution in [3.63, 3.8) is 0 Å². The second-order valence-electron chi connectivity index (χ2n) is 3.86. The largest absolute Gasteiger partial charge is 0.264 e. The summed E-state index contributed by atoms with van der Waals surface area (Å²) >= 11 is 0. The van der Waals surface area contributed by atoms with Crippen LogP contribution in [-0.2, 0) is 10.0 Å². The van der Waals surface area contributed by atoms with Crippen LogP contribution in [0.4, 0.5) is 14.5 Å². The summed E-state index contributed by atoms with van der Waals surface area (Å²) in [5, 5.41) is 0. The monoisotopic (exact) mass is 283 g/mol. The smallest absolute Gasteiger partial charge is 0.263 e. The zero-order chi connectivity index (χ0) is 14.0. The predicted molar refractivity (Wildman–Crippen MR) is 68.4 cm³/mol. The number of sulfonamides is 1. The summed E-state index contributed by atoms with van der Waals surface area (Å²) in [6.45, 7) is 0. The van der Waals surface area contributed by atoms with Crippen LogP contribution in [0.5, 0.6) is 0 Å². The van der Waals surface area contributed by atoms with Gasteiger partial charge < -0.3 is 0 Å². The Morgan fingerprint density at radius 3 is 1.95 bits per heavy atom. The zero-order valence-electron chi connectivity index (χ0n) is 10.0. The molecular weight excluding hydrogens is 272 g/mol. The van der Waals surface area contributed by atoms with Crippen molar-refractivity contribution in [1.29, 1.82) is 0 Å². The maximum atomic E-state index is 13.6. The first-order valence-corrected chi connectivity index (χ1v) is 6.86. The number of rotatable bonds is 3. The van der Waals surface area contributed by atoms with Crippen molar-refractivity contribution in [2.45, 2.75) is 4.90 Å². The van der Waals surface area contributed by atoms with E-state index in [9.17, 15) is 17.2 Å². The highest BCUT2D eigenvalue weighted by atomic mass is 32.2. The van der Waals surface area contributed by atoms with Crippen LogP contribution in [0.3, 0.4) is 0 Å². The lowest BCUT2D eigenvalue weighted by atomic mass is 10.3. The fourth-order valence-corrected chi connectivity index (χ4v) is 2.89. The third kappa shape index (κ3) is 2.44. The molecule has 0 N–H and O–H groups in total. The highest BCUT2D eigenvalue weighted by molar-refractivity contribution is 7.92. The van der Waals surface area contributed by atoms with E-state index in [-0.39, 0.29) is 4.90 Å². The van der Waals surface area contributed by atoms with E-state index in [0.717, 1.165) is 19.2 Å². The molecule has 6 heteroatoms. The molecular formula is C13H11F2NO2S. The predicted octanol–water partition coefficient (Wildman–Crippen LogP) is 2.79. The maximum Gasteiger partial charge on any atom is 0.264 e. The number of para-hydroxylation sites is 1. The SMILES string of the molecule is CN(c1c(F)cccc1F)S(=O)(=O)c1ccccc1. The van der Waals surface area contributed by atoms with Crippen molar-refractivity contribution in [3.05, 3.63) is 60.2 Å². The molecule has 2 aromatic rings. The summed E-state index contributed by atoms with van der Waals surface area (Å²) in [6.07, 6.45) is 0. The second-order valence-corrected chi connectivity index (χ2v) is 5.83. The van der Waals surface area contributed by atoms with E-state index in [4.69, 9.17) is 0 Å². The molecule has 3 nitrogen and oxygen atoms in total. The number of hydrogen-bond donors (Lipinski definition) is 0. The lowest BCUT2D eigenvalue weighted by Crippen LogP contribution is -2.28. The molecule has 100 valence electrons. The summed E-state index contributed by atoms with van der Waals surface area (Å²) in [4.78, 5) is -0.0276. The summed E-state index contributed by atoms with van der Waals surface area (Å²) in [5.74, 6) is -1.86. The third-order valence-electron chi connectivity index (χ3n) is 2.65. The van der Waals surface area contributed by atoms with Crippen molar-refractivity contribution in [3.8, 4) is 0 Å². The molecule has 0 fully saturated rings. The summed E-state index contributed by atoms with van der Waals surface area (Å²) in [5.41, 5.74) is -0.591. The van der Waals surface area contributed by atoms with Gasteiger partial charge in [-0.2, -0.15) is 0 Å². The van der Waals surface area contributed by atoms with Crippen LogP contribution in [0, 0.1) is 11.6 Å². The van der Waals surface area contributed by atoms with Gasteiger partial charge in [-0.3, -0.25) is 4.31 Å². The van der Waals surface area contributed by atoms with Crippen LogP contribution in [0.25, 0.3) is 0 Å². The van der Waals surface area contributed by atoms with Crippen molar-refractivity contribution in [1.82, 2.24) is 0 Å². The molecule has 0 saturated heterocycles. The molecule has 0 aliphatic rings.